The molecule has 3 nitrogen and oxygen atoms in total. The zero-order chi connectivity index (χ0) is 11.1. The molecule has 0 saturated heterocycles. The second kappa shape index (κ2) is 3.59. The van der Waals surface area contributed by atoms with Gasteiger partial charge in [0.25, 0.3) is 0 Å². The van der Waals surface area contributed by atoms with Crippen LogP contribution in [0.1, 0.15) is 13.3 Å². The van der Waals surface area contributed by atoms with Crippen LogP contribution in [0.5, 0.6) is 0 Å². The molecule has 1 fully saturated rings. The van der Waals surface area contributed by atoms with Crippen LogP contribution in [0.4, 0.5) is 5.82 Å². The van der Waals surface area contributed by atoms with Crippen LogP contribution in [0.15, 0.2) is 24.3 Å². The normalized spacial score (nSPS) is 23.4. The van der Waals surface area contributed by atoms with Gasteiger partial charge < -0.3 is 5.32 Å². The van der Waals surface area contributed by atoms with E-state index in [1.807, 2.05) is 24.3 Å². The molecule has 0 spiro atoms. The van der Waals surface area contributed by atoms with Gasteiger partial charge in [-0.05, 0) is 12.3 Å². The van der Waals surface area contributed by atoms with Crippen molar-refractivity contribution in [2.45, 2.75) is 19.4 Å². The molecule has 16 heavy (non-hydrogen) atoms. The van der Waals surface area contributed by atoms with Crippen molar-refractivity contribution < 1.29 is 0 Å². The average Bonchev–Trinajstić information content (AvgIpc) is 2.99. The Balaban J connectivity index is 2.07. The lowest BCUT2D eigenvalue weighted by Crippen LogP contribution is -2.06. The Hall–Kier alpha value is -1.35. The number of aromatic nitrogens is 2. The van der Waals surface area contributed by atoms with Crippen molar-refractivity contribution in [1.29, 1.82) is 0 Å². The Kier molecular flexibility index (Phi) is 2.21. The third-order valence-electron chi connectivity index (χ3n) is 3.07. The molecule has 0 amide bonds. The lowest BCUT2D eigenvalue weighted by Gasteiger charge is -2.07. The van der Waals surface area contributed by atoms with Gasteiger partial charge in [0.05, 0.1) is 0 Å². The minimum atomic E-state index is 0.463. The van der Waals surface area contributed by atoms with Crippen LogP contribution in [-0.2, 0) is 0 Å². The molecule has 1 aliphatic carbocycles. The first kappa shape index (κ1) is 9.85. The van der Waals surface area contributed by atoms with Crippen molar-refractivity contribution >= 4 is 28.2 Å². The summed E-state index contributed by atoms with van der Waals surface area (Å²) in [5.74, 6) is 1.57. The van der Waals surface area contributed by atoms with Crippen LogP contribution in [0.25, 0.3) is 10.8 Å². The predicted octanol–water partition coefficient (Wildman–Crippen LogP) is 3.10. The van der Waals surface area contributed by atoms with E-state index >= 15 is 0 Å². The number of nitrogens with zero attached hydrogens (tertiary/aromatic N) is 2. The summed E-state index contributed by atoms with van der Waals surface area (Å²) in [5.41, 5.74) is 0. The van der Waals surface area contributed by atoms with Gasteiger partial charge in [-0.25, -0.2) is 0 Å². The maximum atomic E-state index is 6.01. The van der Waals surface area contributed by atoms with Crippen molar-refractivity contribution in [2.75, 3.05) is 5.32 Å². The van der Waals surface area contributed by atoms with Crippen molar-refractivity contribution in [3.05, 3.63) is 29.4 Å². The van der Waals surface area contributed by atoms with Gasteiger partial charge in [0, 0.05) is 16.8 Å². The molecule has 1 aromatic carbocycles. The number of rotatable bonds is 2. The molecular weight excluding hydrogens is 222 g/mol. The number of halogens is 1. The number of nitrogens with one attached hydrogen (secondary N) is 1. The fraction of sp³-hybridized carbons (Fsp3) is 0.333. The maximum Gasteiger partial charge on any atom is 0.159 e. The summed E-state index contributed by atoms with van der Waals surface area (Å²) >= 11 is 6.01. The number of hydrogen-bond acceptors (Lipinski definition) is 3. The zero-order valence-electron chi connectivity index (χ0n) is 8.94. The lowest BCUT2D eigenvalue weighted by atomic mass is 10.2. The maximum absolute atomic E-state index is 6.01. The summed E-state index contributed by atoms with van der Waals surface area (Å²) < 4.78 is 0. The second-order valence-electron chi connectivity index (χ2n) is 4.35. The summed E-state index contributed by atoms with van der Waals surface area (Å²) in [6.45, 7) is 2.23. The van der Waals surface area contributed by atoms with Crippen molar-refractivity contribution in [3.63, 3.8) is 0 Å². The molecular formula is C12H12ClN3. The highest BCUT2D eigenvalue weighted by molar-refractivity contribution is 6.34. The molecule has 0 radical (unpaired) electrons. The van der Waals surface area contributed by atoms with E-state index in [1.54, 1.807) is 0 Å². The summed E-state index contributed by atoms with van der Waals surface area (Å²) in [7, 11) is 0. The first-order valence-corrected chi connectivity index (χ1v) is 5.81. The molecule has 82 valence electrons. The van der Waals surface area contributed by atoms with Crippen molar-refractivity contribution in [3.8, 4) is 0 Å². The van der Waals surface area contributed by atoms with Gasteiger partial charge in [-0.15, -0.1) is 10.2 Å². The largest absolute Gasteiger partial charge is 0.365 e. The summed E-state index contributed by atoms with van der Waals surface area (Å²) in [5, 5.41) is 14.0. The van der Waals surface area contributed by atoms with Gasteiger partial charge in [0.15, 0.2) is 11.0 Å². The Morgan fingerprint density at radius 1 is 1.25 bits per heavy atom. The lowest BCUT2D eigenvalue weighted by molar-refractivity contribution is 0.916. The molecule has 3 rings (SSSR count). The van der Waals surface area contributed by atoms with Crippen molar-refractivity contribution in [1.82, 2.24) is 10.2 Å². The monoisotopic (exact) mass is 233 g/mol. The van der Waals surface area contributed by atoms with E-state index in [4.69, 9.17) is 11.6 Å². The number of anilines is 1. The van der Waals surface area contributed by atoms with Gasteiger partial charge in [0.2, 0.25) is 0 Å². The van der Waals surface area contributed by atoms with Crippen molar-refractivity contribution in [2.24, 2.45) is 5.92 Å². The Morgan fingerprint density at radius 2 is 1.94 bits per heavy atom. The first-order valence-electron chi connectivity index (χ1n) is 5.43. The standard InChI is InChI=1S/C12H12ClN3/c1-7-6-10(7)14-12-9-5-3-2-4-8(9)11(13)15-16-12/h2-5,7,10H,6H2,1H3,(H,14,16). The minimum absolute atomic E-state index is 0.463. The molecule has 4 heteroatoms. The molecule has 1 heterocycles. The highest BCUT2D eigenvalue weighted by Gasteiger charge is 2.33. The van der Waals surface area contributed by atoms with Gasteiger partial charge >= 0.3 is 0 Å². The van der Waals surface area contributed by atoms with Crippen LogP contribution in [0, 0.1) is 5.92 Å². The third-order valence-corrected chi connectivity index (χ3v) is 3.35. The Morgan fingerprint density at radius 3 is 2.62 bits per heavy atom. The summed E-state index contributed by atoms with van der Waals surface area (Å²) in [6.07, 6.45) is 1.21. The molecule has 2 unspecified atom stereocenters. The van der Waals surface area contributed by atoms with Gasteiger partial charge in [-0.1, -0.05) is 42.8 Å². The molecule has 0 aliphatic heterocycles. The number of fused-ring (bicyclic) bond motifs is 1. The SMILES string of the molecule is CC1CC1Nc1nnc(Cl)c2ccccc12. The van der Waals surface area contributed by atoms with E-state index in [0.717, 1.165) is 22.5 Å². The summed E-state index contributed by atoms with van der Waals surface area (Å²) in [4.78, 5) is 0. The third kappa shape index (κ3) is 1.61. The predicted molar refractivity (Wildman–Crippen MR) is 65.7 cm³/mol. The van der Waals surface area contributed by atoms with Gasteiger partial charge in [-0.3, -0.25) is 0 Å². The van der Waals surface area contributed by atoms with E-state index in [-0.39, 0.29) is 0 Å². The molecule has 1 saturated carbocycles. The molecule has 2 atom stereocenters. The molecule has 1 aliphatic rings. The Bertz CT molecular complexity index is 541. The molecule has 1 aromatic heterocycles. The van der Waals surface area contributed by atoms with Crippen LogP contribution in [-0.4, -0.2) is 16.2 Å². The van der Waals surface area contributed by atoms with Crippen LogP contribution in [0.2, 0.25) is 5.15 Å². The Labute approximate surface area is 98.8 Å². The fourth-order valence-electron chi connectivity index (χ4n) is 1.88. The fourth-order valence-corrected chi connectivity index (χ4v) is 2.08. The molecule has 1 N–H and O–H groups in total. The van der Waals surface area contributed by atoms with E-state index in [1.165, 1.54) is 6.42 Å². The topological polar surface area (TPSA) is 37.8 Å². The van der Waals surface area contributed by atoms with Gasteiger partial charge in [0.1, 0.15) is 0 Å². The average molecular weight is 234 g/mol. The van der Waals surface area contributed by atoms with E-state index in [9.17, 15) is 0 Å². The van der Waals surface area contributed by atoms with E-state index < -0.39 is 0 Å². The quantitative estimate of drug-likeness (QED) is 0.866. The highest BCUT2D eigenvalue weighted by Crippen LogP contribution is 2.34. The smallest absolute Gasteiger partial charge is 0.159 e. The molecule has 0 bridgehead atoms. The number of benzene rings is 1. The highest BCUT2D eigenvalue weighted by atomic mass is 35.5. The number of hydrogen-bond donors (Lipinski definition) is 1. The zero-order valence-corrected chi connectivity index (χ0v) is 9.70. The minimum Gasteiger partial charge on any atom is -0.365 e. The second-order valence-corrected chi connectivity index (χ2v) is 4.71. The van der Waals surface area contributed by atoms with E-state index in [0.29, 0.717) is 11.2 Å². The van der Waals surface area contributed by atoms with E-state index in [2.05, 4.69) is 22.4 Å². The molecule has 2 aromatic rings. The van der Waals surface area contributed by atoms with Gasteiger partial charge in [-0.2, -0.15) is 0 Å². The van der Waals surface area contributed by atoms with Crippen LogP contribution >= 0.6 is 11.6 Å². The van der Waals surface area contributed by atoms with Crippen LogP contribution < -0.4 is 5.32 Å². The van der Waals surface area contributed by atoms with Crippen LogP contribution in [0.3, 0.4) is 0 Å². The summed E-state index contributed by atoms with van der Waals surface area (Å²) in [6, 6.07) is 8.47. The first-order chi connectivity index (χ1) is 7.75.